The number of hydrogen-bond acceptors (Lipinski definition) is 4. The summed E-state index contributed by atoms with van der Waals surface area (Å²) < 4.78 is 0. The number of hydrogen-bond donors (Lipinski definition) is 2. The summed E-state index contributed by atoms with van der Waals surface area (Å²) in [6, 6.07) is 22.1. The summed E-state index contributed by atoms with van der Waals surface area (Å²) in [7, 11) is 0. The molecule has 3 amide bonds. The maximum absolute atomic E-state index is 12.9. The molecular weight excluding hydrogens is 434 g/mol. The molecule has 0 aromatic heterocycles. The van der Waals surface area contributed by atoms with Crippen molar-refractivity contribution in [1.29, 1.82) is 0 Å². The molecule has 2 N–H and O–H groups in total. The fraction of sp³-hybridized carbons (Fsp3) is 0.192. The Bertz CT molecular complexity index is 1160. The van der Waals surface area contributed by atoms with E-state index in [0.717, 1.165) is 34.8 Å². The van der Waals surface area contributed by atoms with Gasteiger partial charge < -0.3 is 15.5 Å². The number of amides is 3. The summed E-state index contributed by atoms with van der Waals surface area (Å²) in [5.74, 6) is -0.0613. The number of carbonyl (C=O) groups excluding carboxylic acids is 3. The van der Waals surface area contributed by atoms with Crippen LogP contribution in [0.25, 0.3) is 0 Å². The van der Waals surface area contributed by atoms with Gasteiger partial charge in [-0.05, 0) is 61.9 Å². The van der Waals surface area contributed by atoms with E-state index in [4.69, 9.17) is 0 Å². The fourth-order valence-corrected chi connectivity index (χ4v) is 4.45. The Kier molecular flexibility index (Phi) is 7.10. The lowest BCUT2D eigenvalue weighted by atomic mass is 10.2. The second-order valence-electron chi connectivity index (χ2n) is 7.85. The molecule has 1 aliphatic rings. The Morgan fingerprint density at radius 1 is 0.909 bits per heavy atom. The van der Waals surface area contributed by atoms with Crippen molar-refractivity contribution in [2.45, 2.75) is 24.7 Å². The van der Waals surface area contributed by atoms with Crippen LogP contribution >= 0.6 is 11.8 Å². The molecule has 3 aromatic rings. The molecule has 0 unspecified atom stereocenters. The van der Waals surface area contributed by atoms with E-state index >= 15 is 0 Å². The van der Waals surface area contributed by atoms with Crippen LogP contribution in [0.4, 0.5) is 17.1 Å². The molecule has 0 atom stereocenters. The van der Waals surface area contributed by atoms with Crippen molar-refractivity contribution in [3.8, 4) is 0 Å². The lowest BCUT2D eigenvalue weighted by molar-refractivity contribution is -0.117. The van der Waals surface area contributed by atoms with Gasteiger partial charge in [-0.3, -0.25) is 14.4 Å². The van der Waals surface area contributed by atoms with Gasteiger partial charge in [0.25, 0.3) is 5.91 Å². The summed E-state index contributed by atoms with van der Waals surface area (Å²) in [6.45, 7) is 2.72. The lowest BCUT2D eigenvalue weighted by Gasteiger charge is -2.16. The topological polar surface area (TPSA) is 78.5 Å². The molecule has 1 heterocycles. The molecule has 0 bridgehead atoms. The summed E-state index contributed by atoms with van der Waals surface area (Å²) in [5, 5.41) is 5.78. The van der Waals surface area contributed by atoms with Crippen LogP contribution in [0.1, 0.15) is 28.8 Å². The number of carbonyl (C=O) groups is 3. The van der Waals surface area contributed by atoms with Crippen molar-refractivity contribution in [3.63, 3.8) is 0 Å². The molecule has 7 heteroatoms. The Morgan fingerprint density at radius 2 is 1.58 bits per heavy atom. The van der Waals surface area contributed by atoms with Gasteiger partial charge in [-0.1, -0.05) is 29.8 Å². The summed E-state index contributed by atoms with van der Waals surface area (Å²) in [6.07, 6.45) is 1.45. The highest BCUT2D eigenvalue weighted by Crippen LogP contribution is 2.26. The van der Waals surface area contributed by atoms with E-state index in [1.54, 1.807) is 29.2 Å². The number of nitrogens with zero attached hydrogens (tertiary/aromatic N) is 1. The Labute approximate surface area is 197 Å². The van der Waals surface area contributed by atoms with Crippen molar-refractivity contribution >= 4 is 46.5 Å². The van der Waals surface area contributed by atoms with E-state index in [2.05, 4.69) is 10.6 Å². The molecule has 1 aliphatic heterocycles. The van der Waals surface area contributed by atoms with Crippen LogP contribution in [-0.2, 0) is 9.59 Å². The first-order chi connectivity index (χ1) is 16.0. The van der Waals surface area contributed by atoms with Crippen LogP contribution in [-0.4, -0.2) is 30.0 Å². The Balaban J connectivity index is 1.37. The summed E-state index contributed by atoms with van der Waals surface area (Å²) >= 11 is 1.32. The summed E-state index contributed by atoms with van der Waals surface area (Å²) in [5.41, 5.74) is 3.86. The molecule has 0 radical (unpaired) electrons. The quantitative estimate of drug-likeness (QED) is 0.482. The van der Waals surface area contributed by atoms with Crippen LogP contribution in [0.15, 0.2) is 77.7 Å². The second-order valence-corrected chi connectivity index (χ2v) is 8.87. The maximum atomic E-state index is 12.9. The van der Waals surface area contributed by atoms with Gasteiger partial charge in [-0.15, -0.1) is 11.8 Å². The van der Waals surface area contributed by atoms with E-state index in [1.165, 1.54) is 11.8 Å². The van der Waals surface area contributed by atoms with Crippen LogP contribution < -0.4 is 15.5 Å². The molecule has 1 saturated heterocycles. The maximum Gasteiger partial charge on any atom is 0.256 e. The SMILES string of the molecule is Cc1ccc(NC(=O)CSc2ccccc2C(=O)Nc2ccc(N3CCCC3=O)cc2)cc1. The number of thioether (sulfide) groups is 1. The molecule has 33 heavy (non-hydrogen) atoms. The Morgan fingerprint density at radius 3 is 2.27 bits per heavy atom. The van der Waals surface area contributed by atoms with Crippen LogP contribution in [0.3, 0.4) is 0 Å². The van der Waals surface area contributed by atoms with Gasteiger partial charge in [-0.2, -0.15) is 0 Å². The van der Waals surface area contributed by atoms with Crippen LogP contribution in [0.5, 0.6) is 0 Å². The second kappa shape index (κ2) is 10.4. The average molecular weight is 460 g/mol. The highest BCUT2D eigenvalue weighted by molar-refractivity contribution is 8.00. The van der Waals surface area contributed by atoms with Crippen molar-refractivity contribution < 1.29 is 14.4 Å². The molecule has 1 fully saturated rings. The molecule has 0 spiro atoms. The minimum absolute atomic E-state index is 0.129. The van der Waals surface area contributed by atoms with Crippen molar-refractivity contribution in [3.05, 3.63) is 83.9 Å². The summed E-state index contributed by atoms with van der Waals surface area (Å²) in [4.78, 5) is 39.7. The highest BCUT2D eigenvalue weighted by atomic mass is 32.2. The lowest BCUT2D eigenvalue weighted by Crippen LogP contribution is -2.23. The van der Waals surface area contributed by atoms with Gasteiger partial charge in [0.05, 0.1) is 11.3 Å². The van der Waals surface area contributed by atoms with Gasteiger partial charge in [0.1, 0.15) is 0 Å². The average Bonchev–Trinajstić information content (AvgIpc) is 3.25. The number of nitrogens with one attached hydrogen (secondary N) is 2. The van der Waals surface area contributed by atoms with E-state index in [1.807, 2.05) is 55.5 Å². The molecule has 4 rings (SSSR count). The minimum Gasteiger partial charge on any atom is -0.325 e. The standard InChI is InChI=1S/C26H25N3O3S/c1-18-8-10-19(11-9-18)27-24(30)17-33-23-6-3-2-5-22(23)26(32)28-20-12-14-21(15-13-20)29-16-4-7-25(29)31/h2-3,5-6,8-15H,4,7,16-17H2,1H3,(H,27,30)(H,28,32). The number of anilines is 3. The molecule has 0 saturated carbocycles. The predicted molar refractivity (Wildman–Crippen MR) is 133 cm³/mol. The molecule has 6 nitrogen and oxygen atoms in total. The third kappa shape index (κ3) is 5.81. The van der Waals surface area contributed by atoms with Gasteiger partial charge in [0, 0.05) is 34.9 Å². The van der Waals surface area contributed by atoms with Gasteiger partial charge in [0.15, 0.2) is 0 Å². The number of rotatable bonds is 7. The molecule has 0 aliphatic carbocycles. The smallest absolute Gasteiger partial charge is 0.256 e. The fourth-order valence-electron chi connectivity index (χ4n) is 3.60. The van der Waals surface area contributed by atoms with Crippen LogP contribution in [0, 0.1) is 6.92 Å². The first kappa shape index (κ1) is 22.6. The largest absolute Gasteiger partial charge is 0.325 e. The van der Waals surface area contributed by atoms with Crippen LogP contribution in [0.2, 0.25) is 0 Å². The predicted octanol–water partition coefficient (Wildman–Crippen LogP) is 5.10. The van der Waals surface area contributed by atoms with Gasteiger partial charge >= 0.3 is 0 Å². The number of benzene rings is 3. The zero-order chi connectivity index (χ0) is 23.2. The number of aryl methyl sites for hydroxylation is 1. The first-order valence-corrected chi connectivity index (χ1v) is 11.8. The third-order valence-corrected chi connectivity index (χ3v) is 6.41. The zero-order valence-electron chi connectivity index (χ0n) is 18.3. The van der Waals surface area contributed by atoms with Crippen molar-refractivity contribution in [1.82, 2.24) is 0 Å². The van der Waals surface area contributed by atoms with E-state index in [9.17, 15) is 14.4 Å². The molecule has 3 aromatic carbocycles. The Hall–Kier alpha value is -3.58. The normalized spacial score (nSPS) is 13.1. The molecular formula is C26H25N3O3S. The van der Waals surface area contributed by atoms with Gasteiger partial charge in [0.2, 0.25) is 11.8 Å². The zero-order valence-corrected chi connectivity index (χ0v) is 19.2. The van der Waals surface area contributed by atoms with Gasteiger partial charge in [-0.25, -0.2) is 0 Å². The van der Waals surface area contributed by atoms with E-state index < -0.39 is 0 Å². The van der Waals surface area contributed by atoms with E-state index in [0.29, 0.717) is 17.7 Å². The molecule has 168 valence electrons. The minimum atomic E-state index is -0.248. The first-order valence-electron chi connectivity index (χ1n) is 10.8. The highest BCUT2D eigenvalue weighted by Gasteiger charge is 2.21. The third-order valence-electron chi connectivity index (χ3n) is 5.34. The van der Waals surface area contributed by atoms with E-state index in [-0.39, 0.29) is 23.5 Å². The van der Waals surface area contributed by atoms with Crippen molar-refractivity contribution in [2.75, 3.05) is 27.8 Å². The van der Waals surface area contributed by atoms with Crippen molar-refractivity contribution in [2.24, 2.45) is 0 Å². The monoisotopic (exact) mass is 459 g/mol.